The minimum absolute atomic E-state index is 0.000471. The average molecular weight is 282 g/mol. The van der Waals surface area contributed by atoms with E-state index >= 15 is 0 Å². The molecule has 1 unspecified atom stereocenters. The van der Waals surface area contributed by atoms with Gasteiger partial charge in [0.05, 0.1) is 16.5 Å². The van der Waals surface area contributed by atoms with Crippen LogP contribution in [0.15, 0.2) is 29.2 Å². The lowest BCUT2D eigenvalue weighted by Crippen LogP contribution is -2.38. The number of nitrogens with one attached hydrogen (secondary N) is 1. The second-order valence-electron chi connectivity index (χ2n) is 4.17. The fraction of sp³-hybridized carbons (Fsp3) is 0.417. The van der Waals surface area contributed by atoms with Crippen LogP contribution in [0.5, 0.6) is 0 Å². The topological polar surface area (TPSA) is 70.0 Å². The predicted octanol–water partition coefficient (Wildman–Crippen LogP) is 1.73. The van der Waals surface area contributed by atoms with Crippen molar-refractivity contribution in [3.8, 4) is 6.07 Å². The summed E-state index contributed by atoms with van der Waals surface area (Å²) in [5.41, 5.74) is 0.357. The molecule has 0 aliphatic carbocycles. The Morgan fingerprint density at radius 2 is 2.28 bits per heavy atom. The van der Waals surface area contributed by atoms with E-state index in [1.54, 1.807) is 23.9 Å². The summed E-state index contributed by atoms with van der Waals surface area (Å²) < 4.78 is 27.0. The third kappa shape index (κ3) is 3.25. The van der Waals surface area contributed by atoms with Crippen LogP contribution in [0.4, 0.5) is 0 Å². The van der Waals surface area contributed by atoms with Crippen molar-refractivity contribution in [3.05, 3.63) is 29.8 Å². The molecule has 1 heterocycles. The van der Waals surface area contributed by atoms with Crippen LogP contribution >= 0.6 is 11.8 Å². The molecule has 18 heavy (non-hydrogen) atoms. The Labute approximate surface area is 111 Å². The molecule has 0 saturated carbocycles. The minimum atomic E-state index is -3.51. The molecule has 0 radical (unpaired) electrons. The molecule has 0 aromatic heterocycles. The van der Waals surface area contributed by atoms with Crippen LogP contribution in [0.1, 0.15) is 18.4 Å². The molecule has 6 heteroatoms. The summed E-state index contributed by atoms with van der Waals surface area (Å²) in [4.78, 5) is 0.164. The molecule has 1 aromatic rings. The van der Waals surface area contributed by atoms with Crippen molar-refractivity contribution in [2.24, 2.45) is 0 Å². The number of hydrogen-bond acceptors (Lipinski definition) is 4. The van der Waals surface area contributed by atoms with Gasteiger partial charge < -0.3 is 0 Å². The molecule has 1 N–H and O–H groups in total. The maximum Gasteiger partial charge on any atom is 0.240 e. The first-order chi connectivity index (χ1) is 8.62. The van der Waals surface area contributed by atoms with E-state index in [-0.39, 0.29) is 10.9 Å². The number of rotatable bonds is 3. The molecule has 4 nitrogen and oxygen atoms in total. The summed E-state index contributed by atoms with van der Waals surface area (Å²) in [5, 5.41) is 8.78. The van der Waals surface area contributed by atoms with E-state index < -0.39 is 10.0 Å². The van der Waals surface area contributed by atoms with Gasteiger partial charge in [0, 0.05) is 11.8 Å². The fourth-order valence-corrected chi connectivity index (χ4v) is 4.35. The maximum absolute atomic E-state index is 12.1. The van der Waals surface area contributed by atoms with E-state index in [4.69, 9.17) is 5.26 Å². The first-order valence-electron chi connectivity index (χ1n) is 5.72. The number of benzene rings is 1. The van der Waals surface area contributed by atoms with Gasteiger partial charge in [0.25, 0.3) is 0 Å². The maximum atomic E-state index is 12.1. The highest BCUT2D eigenvalue weighted by molar-refractivity contribution is 7.99. The van der Waals surface area contributed by atoms with E-state index in [0.29, 0.717) is 5.56 Å². The lowest BCUT2D eigenvalue weighted by molar-refractivity contribution is 0.543. The molecule has 1 aromatic carbocycles. The quantitative estimate of drug-likeness (QED) is 0.916. The second kappa shape index (κ2) is 5.74. The highest BCUT2D eigenvalue weighted by Gasteiger charge is 2.22. The normalized spacial score (nSPS) is 20.3. The van der Waals surface area contributed by atoms with Crippen molar-refractivity contribution in [3.63, 3.8) is 0 Å². The third-order valence-electron chi connectivity index (χ3n) is 2.76. The number of hydrogen-bond donors (Lipinski definition) is 1. The Morgan fingerprint density at radius 1 is 1.44 bits per heavy atom. The SMILES string of the molecule is N#Cc1cccc(S(=O)(=O)NC2CCCSC2)c1. The van der Waals surface area contributed by atoms with Crippen LogP contribution in [-0.4, -0.2) is 26.0 Å². The monoisotopic (exact) mass is 282 g/mol. The van der Waals surface area contributed by atoms with Crippen molar-refractivity contribution >= 4 is 21.8 Å². The lowest BCUT2D eigenvalue weighted by Gasteiger charge is -2.22. The standard InChI is InChI=1S/C12H14N2O2S2/c13-8-10-3-1-5-12(7-10)18(15,16)14-11-4-2-6-17-9-11/h1,3,5,7,11,14H,2,4,6,9H2. The lowest BCUT2D eigenvalue weighted by atomic mass is 10.2. The Bertz CT molecular complexity index is 558. The van der Waals surface area contributed by atoms with E-state index in [2.05, 4.69) is 4.72 Å². The smallest absolute Gasteiger partial charge is 0.207 e. The first kappa shape index (κ1) is 13.4. The van der Waals surface area contributed by atoms with E-state index in [0.717, 1.165) is 24.3 Å². The van der Waals surface area contributed by atoms with Crippen molar-refractivity contribution in [2.75, 3.05) is 11.5 Å². The van der Waals surface area contributed by atoms with Crippen LogP contribution in [-0.2, 0) is 10.0 Å². The van der Waals surface area contributed by atoms with Crippen LogP contribution in [0, 0.1) is 11.3 Å². The van der Waals surface area contributed by atoms with Crippen molar-refractivity contribution in [1.82, 2.24) is 4.72 Å². The van der Waals surface area contributed by atoms with E-state index in [1.165, 1.54) is 12.1 Å². The van der Waals surface area contributed by atoms with Crippen LogP contribution in [0.2, 0.25) is 0 Å². The molecule has 1 fully saturated rings. The van der Waals surface area contributed by atoms with Crippen molar-refractivity contribution in [2.45, 2.75) is 23.8 Å². The molecular formula is C12H14N2O2S2. The van der Waals surface area contributed by atoms with Crippen LogP contribution < -0.4 is 4.72 Å². The van der Waals surface area contributed by atoms with Gasteiger partial charge >= 0.3 is 0 Å². The molecule has 96 valence electrons. The summed E-state index contributed by atoms with van der Waals surface area (Å²) in [6.45, 7) is 0. The molecular weight excluding hydrogens is 268 g/mol. The molecule has 0 amide bonds. The molecule has 0 spiro atoms. The van der Waals surface area contributed by atoms with E-state index in [1.807, 2.05) is 6.07 Å². The summed E-state index contributed by atoms with van der Waals surface area (Å²) in [7, 11) is -3.51. The van der Waals surface area contributed by atoms with Gasteiger partial charge in [-0.05, 0) is 36.8 Å². The highest BCUT2D eigenvalue weighted by Crippen LogP contribution is 2.19. The highest BCUT2D eigenvalue weighted by atomic mass is 32.2. The average Bonchev–Trinajstić information content (AvgIpc) is 2.39. The van der Waals surface area contributed by atoms with Crippen molar-refractivity contribution < 1.29 is 8.42 Å². The van der Waals surface area contributed by atoms with Gasteiger partial charge in [-0.15, -0.1) is 0 Å². The first-order valence-corrected chi connectivity index (χ1v) is 8.36. The molecule has 1 aliphatic rings. The van der Waals surface area contributed by atoms with Crippen molar-refractivity contribution in [1.29, 1.82) is 5.26 Å². The minimum Gasteiger partial charge on any atom is -0.207 e. The fourth-order valence-electron chi connectivity index (χ4n) is 1.85. The Balaban J connectivity index is 2.17. The third-order valence-corrected chi connectivity index (χ3v) is 5.49. The number of sulfonamides is 1. The van der Waals surface area contributed by atoms with Gasteiger partial charge in [0.15, 0.2) is 0 Å². The largest absolute Gasteiger partial charge is 0.240 e. The van der Waals surface area contributed by atoms with Gasteiger partial charge in [-0.2, -0.15) is 17.0 Å². The Hall–Kier alpha value is -1.03. The number of nitrogens with zero attached hydrogens (tertiary/aromatic N) is 1. The van der Waals surface area contributed by atoms with Gasteiger partial charge in [-0.3, -0.25) is 0 Å². The Kier molecular flexibility index (Phi) is 4.27. The molecule has 1 atom stereocenters. The van der Waals surface area contributed by atoms with Gasteiger partial charge in [-0.1, -0.05) is 6.07 Å². The van der Waals surface area contributed by atoms with Crippen LogP contribution in [0.3, 0.4) is 0 Å². The van der Waals surface area contributed by atoms with Gasteiger partial charge in [-0.25, -0.2) is 13.1 Å². The van der Waals surface area contributed by atoms with Crippen LogP contribution in [0.25, 0.3) is 0 Å². The summed E-state index contributed by atoms with van der Waals surface area (Å²) in [5.74, 6) is 1.92. The van der Waals surface area contributed by atoms with Gasteiger partial charge in [0.1, 0.15) is 0 Å². The molecule has 0 bridgehead atoms. The number of thioether (sulfide) groups is 1. The summed E-state index contributed by atoms with van der Waals surface area (Å²) >= 11 is 1.77. The molecule has 2 rings (SSSR count). The molecule has 1 aliphatic heterocycles. The summed E-state index contributed by atoms with van der Waals surface area (Å²) in [6, 6.07) is 8.04. The molecule has 1 saturated heterocycles. The zero-order valence-corrected chi connectivity index (χ0v) is 11.4. The zero-order chi connectivity index (χ0) is 13.0. The Morgan fingerprint density at radius 3 is 2.94 bits per heavy atom. The number of nitriles is 1. The van der Waals surface area contributed by atoms with E-state index in [9.17, 15) is 8.42 Å². The predicted molar refractivity (Wildman–Crippen MR) is 71.8 cm³/mol. The zero-order valence-electron chi connectivity index (χ0n) is 9.80. The summed E-state index contributed by atoms with van der Waals surface area (Å²) in [6.07, 6.45) is 1.92. The second-order valence-corrected chi connectivity index (χ2v) is 7.04. The van der Waals surface area contributed by atoms with Gasteiger partial charge in [0.2, 0.25) is 10.0 Å².